The first-order chi connectivity index (χ1) is 7.95. The smallest absolute Gasteiger partial charge is 0 e. The van der Waals surface area contributed by atoms with Crippen LogP contribution in [0.15, 0.2) is 47.6 Å². The molecule has 1 saturated carbocycles. The molecule has 0 nitrogen and oxygen atoms in total. The summed E-state index contributed by atoms with van der Waals surface area (Å²) in [5.41, 5.74) is 3.26. The Morgan fingerprint density at radius 2 is 1.78 bits per heavy atom. The maximum absolute atomic E-state index is 2.35. The molecule has 0 N–H and O–H groups in total. The molecule has 1 fully saturated rings. The fourth-order valence-corrected chi connectivity index (χ4v) is 3.21. The van der Waals surface area contributed by atoms with Crippen LogP contribution in [0.2, 0.25) is 0 Å². The molecule has 0 aliphatic heterocycles. The number of hydrogen-bond donors (Lipinski definition) is 0. The first kappa shape index (κ1) is 15.9. The molecule has 0 aromatic carbocycles. The van der Waals surface area contributed by atoms with Gasteiger partial charge in [0.2, 0.25) is 0 Å². The van der Waals surface area contributed by atoms with Crippen LogP contribution in [0, 0.1) is 11.8 Å². The van der Waals surface area contributed by atoms with E-state index in [0.717, 1.165) is 5.92 Å². The van der Waals surface area contributed by atoms with Crippen molar-refractivity contribution in [3.8, 4) is 0 Å². The van der Waals surface area contributed by atoms with Gasteiger partial charge in [0.05, 0.1) is 0 Å². The molecule has 3 aliphatic rings. The van der Waals surface area contributed by atoms with Crippen molar-refractivity contribution in [1.82, 2.24) is 0 Å². The third-order valence-electron chi connectivity index (χ3n) is 4.04. The van der Waals surface area contributed by atoms with Crippen LogP contribution < -0.4 is 0 Å². The molecule has 0 bridgehead atoms. The Kier molecular flexibility index (Phi) is 6.56. The standard InChI is InChI=1S/C16H19.ClH.Ti/c1-2-8-13(7-1)15-11-5-6-12-16(15)14-9-3-4-10-14;;/h1-4,7,9,15H,5-6,8,10-12H2;1H;/q-1;;. The first-order valence-corrected chi connectivity index (χ1v) is 6.52. The number of rotatable bonds is 2. The maximum Gasteiger partial charge on any atom is 0 e. The van der Waals surface area contributed by atoms with Crippen LogP contribution in [-0.2, 0) is 21.7 Å². The maximum atomic E-state index is 2.35. The minimum atomic E-state index is 0. The quantitative estimate of drug-likeness (QED) is 0.500. The minimum absolute atomic E-state index is 0. The zero-order valence-corrected chi connectivity index (χ0v) is 13.1. The average molecular weight is 296 g/mol. The second-order valence-corrected chi connectivity index (χ2v) is 5.02. The largest absolute Gasteiger partial charge is 0.206 e. The second-order valence-electron chi connectivity index (χ2n) is 5.02. The van der Waals surface area contributed by atoms with E-state index in [4.69, 9.17) is 0 Å². The summed E-state index contributed by atoms with van der Waals surface area (Å²) in [6, 6.07) is 0. The molecular weight excluding hydrogens is 275 g/mol. The average Bonchev–Trinajstić information content (AvgIpc) is 3.03. The van der Waals surface area contributed by atoms with Crippen molar-refractivity contribution in [2.24, 2.45) is 5.92 Å². The summed E-state index contributed by atoms with van der Waals surface area (Å²) in [6.07, 6.45) is 21.6. The second kappa shape index (κ2) is 7.43. The SMILES string of the molecule is C1=CCC([C-]2CCCCC2C2=CC=CC2)=C1.Cl.[Ti]. The van der Waals surface area contributed by atoms with Crippen molar-refractivity contribution in [3.63, 3.8) is 0 Å². The van der Waals surface area contributed by atoms with E-state index in [1.807, 2.05) is 0 Å². The van der Waals surface area contributed by atoms with E-state index < -0.39 is 0 Å². The fourth-order valence-electron chi connectivity index (χ4n) is 3.21. The summed E-state index contributed by atoms with van der Waals surface area (Å²) in [5.74, 6) is 2.50. The first-order valence-electron chi connectivity index (χ1n) is 6.52. The predicted molar refractivity (Wildman–Crippen MR) is 76.1 cm³/mol. The zero-order chi connectivity index (χ0) is 10.8. The molecule has 96 valence electrons. The molecule has 1 unspecified atom stereocenters. The predicted octanol–water partition coefficient (Wildman–Crippen LogP) is 4.94. The molecule has 3 rings (SSSR count). The number of hydrogen-bond acceptors (Lipinski definition) is 0. The topological polar surface area (TPSA) is 0 Å². The summed E-state index contributed by atoms with van der Waals surface area (Å²) in [7, 11) is 0. The van der Waals surface area contributed by atoms with Gasteiger partial charge in [0.1, 0.15) is 0 Å². The van der Waals surface area contributed by atoms with Crippen LogP contribution in [-0.4, -0.2) is 0 Å². The normalized spacial score (nSPS) is 25.3. The molecule has 0 aromatic rings. The van der Waals surface area contributed by atoms with Gasteiger partial charge in [0.15, 0.2) is 0 Å². The van der Waals surface area contributed by atoms with E-state index in [2.05, 4.69) is 36.5 Å². The van der Waals surface area contributed by atoms with Crippen molar-refractivity contribution in [1.29, 1.82) is 0 Å². The van der Waals surface area contributed by atoms with Gasteiger partial charge >= 0.3 is 0 Å². The van der Waals surface area contributed by atoms with E-state index in [-0.39, 0.29) is 34.1 Å². The molecule has 1 atom stereocenters. The summed E-state index contributed by atoms with van der Waals surface area (Å²) in [6.45, 7) is 0. The molecule has 0 spiro atoms. The Hall–Kier alpha value is -0.166. The van der Waals surface area contributed by atoms with Crippen LogP contribution >= 0.6 is 12.4 Å². The number of halogens is 1. The zero-order valence-electron chi connectivity index (χ0n) is 10.7. The van der Waals surface area contributed by atoms with Gasteiger partial charge in [0, 0.05) is 21.7 Å². The Bertz CT molecular complexity index is 352. The van der Waals surface area contributed by atoms with Gasteiger partial charge in [-0.15, -0.1) is 24.6 Å². The van der Waals surface area contributed by atoms with E-state index in [1.54, 1.807) is 17.1 Å². The Morgan fingerprint density at radius 3 is 2.44 bits per heavy atom. The van der Waals surface area contributed by atoms with E-state index in [1.165, 1.54) is 38.5 Å². The Balaban J connectivity index is 0.000000810. The van der Waals surface area contributed by atoms with Crippen molar-refractivity contribution in [2.45, 2.75) is 38.5 Å². The van der Waals surface area contributed by atoms with Crippen molar-refractivity contribution >= 4 is 12.4 Å². The summed E-state index contributed by atoms with van der Waals surface area (Å²) < 4.78 is 0. The van der Waals surface area contributed by atoms with Crippen LogP contribution in [0.3, 0.4) is 0 Å². The van der Waals surface area contributed by atoms with E-state index in [9.17, 15) is 0 Å². The minimum Gasteiger partial charge on any atom is -0.206 e. The molecule has 2 heteroatoms. The van der Waals surface area contributed by atoms with Gasteiger partial charge < -0.3 is 0 Å². The molecule has 0 heterocycles. The van der Waals surface area contributed by atoms with Crippen LogP contribution in [0.1, 0.15) is 38.5 Å². The molecule has 3 aliphatic carbocycles. The summed E-state index contributed by atoms with van der Waals surface area (Å²) >= 11 is 0. The van der Waals surface area contributed by atoms with E-state index >= 15 is 0 Å². The third-order valence-corrected chi connectivity index (χ3v) is 4.04. The summed E-state index contributed by atoms with van der Waals surface area (Å²) in [4.78, 5) is 0. The number of allylic oxidation sites excluding steroid dienone is 8. The summed E-state index contributed by atoms with van der Waals surface area (Å²) in [5, 5.41) is 0. The van der Waals surface area contributed by atoms with Gasteiger partial charge in [-0.1, -0.05) is 55.4 Å². The molecule has 0 amide bonds. The van der Waals surface area contributed by atoms with Crippen LogP contribution in [0.5, 0.6) is 0 Å². The third kappa shape index (κ3) is 3.23. The van der Waals surface area contributed by atoms with Gasteiger partial charge in [-0.25, -0.2) is 17.6 Å². The van der Waals surface area contributed by atoms with Gasteiger partial charge in [0.25, 0.3) is 0 Å². The van der Waals surface area contributed by atoms with Crippen LogP contribution in [0.4, 0.5) is 0 Å². The Labute approximate surface area is 132 Å². The van der Waals surface area contributed by atoms with Gasteiger partial charge in [-0.2, -0.15) is 0 Å². The molecule has 0 saturated heterocycles. The van der Waals surface area contributed by atoms with Crippen molar-refractivity contribution < 1.29 is 21.7 Å². The molecule has 0 aromatic heterocycles. The van der Waals surface area contributed by atoms with Crippen molar-refractivity contribution in [3.05, 3.63) is 53.5 Å². The van der Waals surface area contributed by atoms with Gasteiger partial charge in [-0.3, -0.25) is 0 Å². The van der Waals surface area contributed by atoms with Crippen LogP contribution in [0.25, 0.3) is 0 Å². The molecule has 18 heavy (non-hydrogen) atoms. The monoisotopic (exact) mass is 295 g/mol. The molecular formula is C16H20ClTi-. The fraction of sp³-hybridized carbons (Fsp3) is 0.438. The van der Waals surface area contributed by atoms with E-state index in [0.29, 0.717) is 0 Å². The van der Waals surface area contributed by atoms with Gasteiger partial charge in [-0.05, 0) is 12.8 Å². The van der Waals surface area contributed by atoms with Crippen molar-refractivity contribution in [2.75, 3.05) is 0 Å². The molecule has 0 radical (unpaired) electrons. The Morgan fingerprint density at radius 1 is 1.00 bits per heavy atom.